The molecule has 0 unspecified atom stereocenters. The van der Waals surface area contributed by atoms with E-state index < -0.39 is 5.97 Å². The molecule has 0 N–H and O–H groups in total. The van der Waals surface area contributed by atoms with Gasteiger partial charge in [-0.25, -0.2) is 4.79 Å². The highest BCUT2D eigenvalue weighted by atomic mass is 16.5. The summed E-state index contributed by atoms with van der Waals surface area (Å²) in [7, 11) is 1.33. The average Bonchev–Trinajstić information content (AvgIpc) is 2.26. The predicted molar refractivity (Wildman–Crippen MR) is 69.3 cm³/mol. The fourth-order valence-corrected chi connectivity index (χ4v) is 2.29. The molecule has 0 bridgehead atoms. The molecule has 0 fully saturated rings. The van der Waals surface area contributed by atoms with Crippen LogP contribution in [0.15, 0.2) is 23.3 Å². The number of methoxy groups -OCH3 is 1. The monoisotopic (exact) mass is 232 g/mol. The van der Waals surface area contributed by atoms with E-state index in [0.29, 0.717) is 0 Å². The van der Waals surface area contributed by atoms with Crippen molar-refractivity contribution in [1.82, 2.24) is 0 Å². The van der Waals surface area contributed by atoms with Gasteiger partial charge < -0.3 is 4.74 Å². The Kier molecular flexibility index (Phi) is 4.57. The zero-order valence-corrected chi connectivity index (χ0v) is 11.1. The van der Waals surface area contributed by atoms with Gasteiger partial charge in [-0.05, 0) is 43.3 Å². The minimum absolute atomic E-state index is 0.214. The van der Waals surface area contributed by atoms with E-state index in [1.54, 1.807) is 6.08 Å². The zero-order chi connectivity index (χ0) is 12.9. The van der Waals surface area contributed by atoms with E-state index >= 15 is 0 Å². The summed E-state index contributed by atoms with van der Waals surface area (Å²) >= 11 is 0. The molecule has 0 saturated carbocycles. The summed E-state index contributed by atoms with van der Waals surface area (Å²) in [5, 5.41) is 0. The van der Waals surface area contributed by atoms with Crippen LogP contribution in [0, 0.1) is 17.3 Å². The smallest absolute Gasteiger partial charge is 0.384 e. The lowest BCUT2D eigenvalue weighted by atomic mass is 9.73. The van der Waals surface area contributed by atoms with Gasteiger partial charge in [-0.2, -0.15) is 0 Å². The Morgan fingerprint density at radius 2 is 2.18 bits per heavy atom. The minimum Gasteiger partial charge on any atom is -0.459 e. The Morgan fingerprint density at radius 3 is 2.76 bits per heavy atom. The summed E-state index contributed by atoms with van der Waals surface area (Å²) in [5.74, 6) is 4.60. The normalized spacial score (nSPS) is 18.8. The molecular weight excluding hydrogens is 212 g/mol. The van der Waals surface area contributed by atoms with Crippen LogP contribution in [0.4, 0.5) is 0 Å². The summed E-state index contributed by atoms with van der Waals surface area (Å²) in [6.07, 6.45) is 7.39. The lowest BCUT2D eigenvalue weighted by Crippen LogP contribution is -2.18. The number of esters is 1. The molecule has 0 aromatic carbocycles. The van der Waals surface area contributed by atoms with Gasteiger partial charge in [-0.3, -0.25) is 0 Å². The number of carbonyl (C=O) groups excluding carboxylic acids is 1. The maximum atomic E-state index is 10.8. The molecule has 0 amide bonds. The van der Waals surface area contributed by atoms with Crippen LogP contribution in [0.25, 0.3) is 0 Å². The van der Waals surface area contributed by atoms with E-state index in [1.807, 2.05) is 6.08 Å². The Balaban J connectivity index is 2.81. The molecule has 1 rings (SSSR count). The number of hydrogen-bond donors (Lipinski definition) is 0. The second kappa shape index (κ2) is 5.72. The first-order valence-electron chi connectivity index (χ1n) is 5.93. The van der Waals surface area contributed by atoms with Crippen LogP contribution in [0.5, 0.6) is 0 Å². The lowest BCUT2D eigenvalue weighted by molar-refractivity contribution is -0.133. The third-order valence-corrected chi connectivity index (χ3v) is 3.24. The molecule has 1 aliphatic carbocycles. The number of rotatable bonds is 1. The molecular formula is C15H20O2. The molecule has 17 heavy (non-hydrogen) atoms. The van der Waals surface area contributed by atoms with Gasteiger partial charge in [0.1, 0.15) is 0 Å². The van der Waals surface area contributed by atoms with Gasteiger partial charge in [-0.1, -0.05) is 31.4 Å². The highest BCUT2D eigenvalue weighted by Gasteiger charge is 2.26. The molecule has 92 valence electrons. The Bertz CT molecular complexity index is 414. The first-order chi connectivity index (χ1) is 7.97. The van der Waals surface area contributed by atoms with Gasteiger partial charge in [0, 0.05) is 5.92 Å². The van der Waals surface area contributed by atoms with Crippen LogP contribution < -0.4 is 0 Å². The lowest BCUT2D eigenvalue weighted by Gasteiger charge is -2.32. The first kappa shape index (κ1) is 13.6. The largest absolute Gasteiger partial charge is 0.459 e. The average molecular weight is 232 g/mol. The van der Waals surface area contributed by atoms with Crippen molar-refractivity contribution < 1.29 is 9.53 Å². The predicted octanol–water partition coefficient (Wildman–Crippen LogP) is 3.25. The summed E-state index contributed by atoms with van der Waals surface area (Å²) in [4.78, 5) is 10.8. The maximum absolute atomic E-state index is 10.8. The fraction of sp³-hybridized carbons (Fsp3) is 0.533. The van der Waals surface area contributed by atoms with E-state index in [9.17, 15) is 4.79 Å². The summed E-state index contributed by atoms with van der Waals surface area (Å²) in [6, 6.07) is 0. The van der Waals surface area contributed by atoms with Crippen molar-refractivity contribution in [2.45, 2.75) is 40.0 Å². The van der Waals surface area contributed by atoms with Gasteiger partial charge in [-0.15, -0.1) is 0 Å². The molecule has 0 heterocycles. The van der Waals surface area contributed by atoms with Crippen LogP contribution >= 0.6 is 0 Å². The second-order valence-electron chi connectivity index (χ2n) is 5.03. The summed E-state index contributed by atoms with van der Waals surface area (Å²) < 4.78 is 4.45. The number of ether oxygens (including phenoxy) is 1. The highest BCUT2D eigenvalue weighted by molar-refractivity contribution is 5.88. The van der Waals surface area contributed by atoms with Crippen LogP contribution in [-0.2, 0) is 9.53 Å². The topological polar surface area (TPSA) is 26.3 Å². The number of allylic oxidation sites excluding steroid dienone is 4. The molecule has 2 nitrogen and oxygen atoms in total. The molecule has 0 aromatic heterocycles. The summed E-state index contributed by atoms with van der Waals surface area (Å²) in [6.45, 7) is 6.68. The van der Waals surface area contributed by atoms with Crippen LogP contribution in [0.3, 0.4) is 0 Å². The Morgan fingerprint density at radius 1 is 1.47 bits per heavy atom. The highest BCUT2D eigenvalue weighted by Crippen LogP contribution is 2.40. The van der Waals surface area contributed by atoms with Crippen molar-refractivity contribution in [2.75, 3.05) is 7.11 Å². The van der Waals surface area contributed by atoms with Crippen LogP contribution in [0.2, 0.25) is 0 Å². The molecule has 0 aromatic rings. The van der Waals surface area contributed by atoms with Crippen LogP contribution in [-0.4, -0.2) is 13.1 Å². The Hall–Kier alpha value is -1.49. The van der Waals surface area contributed by atoms with Gasteiger partial charge >= 0.3 is 5.97 Å². The first-order valence-corrected chi connectivity index (χ1v) is 5.93. The number of hydrogen-bond acceptors (Lipinski definition) is 2. The summed E-state index contributed by atoms with van der Waals surface area (Å²) in [5.41, 5.74) is 2.99. The van der Waals surface area contributed by atoms with E-state index in [-0.39, 0.29) is 5.41 Å². The molecule has 0 aliphatic heterocycles. The SMILES string of the molecule is COC(=O)C#C/C=C/C1=C(C)CCCC1(C)C. The molecule has 1 aliphatic rings. The van der Waals surface area contributed by atoms with Crippen molar-refractivity contribution in [1.29, 1.82) is 0 Å². The van der Waals surface area contributed by atoms with Crippen molar-refractivity contribution in [2.24, 2.45) is 5.41 Å². The standard InChI is InChI=1S/C15H20O2/c1-12-8-7-11-15(2,3)13(12)9-5-6-10-14(16)17-4/h5,9H,7-8,11H2,1-4H3/b9-5+. The third kappa shape index (κ3) is 3.78. The quantitative estimate of drug-likeness (QED) is 0.394. The van der Waals surface area contributed by atoms with E-state index in [0.717, 1.165) is 6.42 Å². The van der Waals surface area contributed by atoms with Crippen molar-refractivity contribution in [3.05, 3.63) is 23.3 Å². The van der Waals surface area contributed by atoms with Gasteiger partial charge in [0.05, 0.1) is 7.11 Å². The van der Waals surface area contributed by atoms with Crippen molar-refractivity contribution in [3.63, 3.8) is 0 Å². The molecule has 0 radical (unpaired) electrons. The zero-order valence-electron chi connectivity index (χ0n) is 11.1. The molecule has 2 heteroatoms. The van der Waals surface area contributed by atoms with E-state index in [4.69, 9.17) is 0 Å². The fourth-order valence-electron chi connectivity index (χ4n) is 2.29. The Labute approximate surface area is 104 Å². The minimum atomic E-state index is -0.497. The number of carbonyl (C=O) groups is 1. The van der Waals surface area contributed by atoms with Crippen molar-refractivity contribution >= 4 is 5.97 Å². The van der Waals surface area contributed by atoms with Crippen molar-refractivity contribution in [3.8, 4) is 11.8 Å². The van der Waals surface area contributed by atoms with Gasteiger partial charge in [0.2, 0.25) is 0 Å². The van der Waals surface area contributed by atoms with E-state index in [1.165, 1.54) is 31.1 Å². The van der Waals surface area contributed by atoms with Gasteiger partial charge in [0.25, 0.3) is 0 Å². The third-order valence-electron chi connectivity index (χ3n) is 3.24. The molecule has 0 spiro atoms. The van der Waals surface area contributed by atoms with E-state index in [2.05, 4.69) is 37.3 Å². The second-order valence-corrected chi connectivity index (χ2v) is 5.03. The maximum Gasteiger partial charge on any atom is 0.384 e. The van der Waals surface area contributed by atoms with Gasteiger partial charge in [0.15, 0.2) is 0 Å². The van der Waals surface area contributed by atoms with Crippen LogP contribution in [0.1, 0.15) is 40.0 Å². The molecule has 0 atom stereocenters. The molecule has 0 saturated heterocycles.